The van der Waals surface area contributed by atoms with Crippen molar-refractivity contribution in [1.29, 1.82) is 5.26 Å². The third-order valence-electron chi connectivity index (χ3n) is 2.44. The lowest BCUT2D eigenvalue weighted by molar-refractivity contribution is -0.385. The lowest BCUT2D eigenvalue weighted by Gasteiger charge is -2.18. The van der Waals surface area contributed by atoms with E-state index in [1.165, 1.54) is 13.2 Å². The molecular formula is C11H14N2O3Si. The first kappa shape index (κ1) is 13.2. The van der Waals surface area contributed by atoms with Crippen molar-refractivity contribution in [3.8, 4) is 11.8 Å². The van der Waals surface area contributed by atoms with Crippen molar-refractivity contribution in [2.45, 2.75) is 19.6 Å². The van der Waals surface area contributed by atoms with Gasteiger partial charge in [0.05, 0.1) is 31.7 Å². The molecule has 1 aromatic rings. The zero-order valence-corrected chi connectivity index (χ0v) is 11.3. The lowest BCUT2D eigenvalue weighted by Crippen LogP contribution is -2.39. The van der Waals surface area contributed by atoms with E-state index >= 15 is 0 Å². The van der Waals surface area contributed by atoms with Gasteiger partial charge in [-0.25, -0.2) is 0 Å². The Labute approximate surface area is 101 Å². The van der Waals surface area contributed by atoms with E-state index in [0.29, 0.717) is 5.56 Å². The summed E-state index contributed by atoms with van der Waals surface area (Å²) in [6.07, 6.45) is 0. The van der Waals surface area contributed by atoms with Crippen molar-refractivity contribution >= 4 is 18.9 Å². The number of nitrogens with zero attached hydrogens (tertiary/aromatic N) is 2. The third kappa shape index (κ3) is 2.63. The Bertz CT molecular complexity index is 501. The second-order valence-electron chi connectivity index (χ2n) is 4.69. The Hall–Kier alpha value is -1.87. The lowest BCUT2D eigenvalue weighted by atomic mass is 10.2. The van der Waals surface area contributed by atoms with Gasteiger partial charge in [0.2, 0.25) is 0 Å². The molecule has 17 heavy (non-hydrogen) atoms. The molecule has 0 spiro atoms. The molecule has 0 aliphatic heterocycles. The van der Waals surface area contributed by atoms with E-state index in [2.05, 4.69) is 19.6 Å². The van der Waals surface area contributed by atoms with Crippen molar-refractivity contribution in [2.24, 2.45) is 0 Å². The molecule has 0 aromatic heterocycles. The van der Waals surface area contributed by atoms with Gasteiger partial charge in [0, 0.05) is 6.07 Å². The van der Waals surface area contributed by atoms with Gasteiger partial charge in [-0.05, 0) is 11.3 Å². The van der Waals surface area contributed by atoms with Crippen LogP contribution in [0.2, 0.25) is 19.6 Å². The molecule has 90 valence electrons. The van der Waals surface area contributed by atoms with Crippen LogP contribution in [0, 0.1) is 21.4 Å². The van der Waals surface area contributed by atoms with E-state index in [4.69, 9.17) is 10.00 Å². The van der Waals surface area contributed by atoms with Crippen LogP contribution in [0.4, 0.5) is 5.69 Å². The summed E-state index contributed by atoms with van der Waals surface area (Å²) in [5, 5.41) is 20.8. The largest absolute Gasteiger partial charge is 0.490 e. The summed E-state index contributed by atoms with van der Waals surface area (Å²) in [4.78, 5) is 10.3. The molecular weight excluding hydrogens is 236 g/mol. The molecule has 0 atom stereocenters. The second-order valence-corrected chi connectivity index (χ2v) is 9.73. The standard InChI is InChI=1S/C11H14N2O3Si/c1-16-10-6-11(17(2,3)4)8(7-12)5-9(10)13(14)15/h5-6H,1-4H3. The van der Waals surface area contributed by atoms with Crippen molar-refractivity contribution in [3.63, 3.8) is 0 Å². The monoisotopic (exact) mass is 250 g/mol. The maximum absolute atomic E-state index is 10.8. The smallest absolute Gasteiger partial charge is 0.312 e. The maximum atomic E-state index is 10.8. The number of hydrogen-bond donors (Lipinski definition) is 0. The van der Waals surface area contributed by atoms with Crippen LogP contribution in [-0.4, -0.2) is 20.1 Å². The average molecular weight is 250 g/mol. The number of ether oxygens (including phenoxy) is 1. The Kier molecular flexibility index (Phi) is 3.53. The molecule has 0 amide bonds. The summed E-state index contributed by atoms with van der Waals surface area (Å²) in [7, 11) is -0.338. The topological polar surface area (TPSA) is 76.2 Å². The molecule has 0 saturated carbocycles. The van der Waals surface area contributed by atoms with E-state index in [9.17, 15) is 10.1 Å². The molecule has 0 saturated heterocycles. The summed E-state index contributed by atoms with van der Waals surface area (Å²) >= 11 is 0. The predicted molar refractivity (Wildman–Crippen MR) is 67.3 cm³/mol. The number of methoxy groups -OCH3 is 1. The molecule has 0 bridgehead atoms. The highest BCUT2D eigenvalue weighted by molar-refractivity contribution is 6.89. The summed E-state index contributed by atoms with van der Waals surface area (Å²) < 4.78 is 5.01. The van der Waals surface area contributed by atoms with E-state index in [-0.39, 0.29) is 11.4 Å². The number of benzene rings is 1. The van der Waals surface area contributed by atoms with Crippen molar-refractivity contribution < 1.29 is 9.66 Å². The molecule has 0 aliphatic carbocycles. The second kappa shape index (κ2) is 4.55. The van der Waals surface area contributed by atoms with Crippen LogP contribution >= 0.6 is 0 Å². The van der Waals surface area contributed by atoms with Gasteiger partial charge in [-0.15, -0.1) is 0 Å². The number of rotatable bonds is 3. The minimum Gasteiger partial charge on any atom is -0.490 e. The SMILES string of the molecule is COc1cc([Si](C)(C)C)c(C#N)cc1[N+](=O)[O-]. The Morgan fingerprint density at radius 1 is 1.41 bits per heavy atom. The zero-order chi connectivity index (χ0) is 13.2. The van der Waals surface area contributed by atoms with E-state index in [1.807, 2.05) is 6.07 Å². The zero-order valence-electron chi connectivity index (χ0n) is 10.3. The van der Waals surface area contributed by atoms with Gasteiger partial charge in [0.15, 0.2) is 5.75 Å². The fourth-order valence-electron chi connectivity index (χ4n) is 1.59. The predicted octanol–water partition coefficient (Wildman–Crippen LogP) is 2.02. The van der Waals surface area contributed by atoms with E-state index < -0.39 is 13.0 Å². The van der Waals surface area contributed by atoms with Gasteiger partial charge < -0.3 is 4.74 Å². The fraction of sp³-hybridized carbons (Fsp3) is 0.364. The van der Waals surface area contributed by atoms with Gasteiger partial charge in [-0.1, -0.05) is 19.6 Å². The van der Waals surface area contributed by atoms with Crippen LogP contribution < -0.4 is 9.92 Å². The highest BCUT2D eigenvalue weighted by Gasteiger charge is 2.26. The summed E-state index contributed by atoms with van der Waals surface area (Å²) in [6, 6.07) is 4.95. The van der Waals surface area contributed by atoms with Crippen LogP contribution in [0.25, 0.3) is 0 Å². The molecule has 0 N–H and O–H groups in total. The van der Waals surface area contributed by atoms with Gasteiger partial charge in [-0.2, -0.15) is 5.26 Å². The molecule has 6 heteroatoms. The van der Waals surface area contributed by atoms with Crippen LogP contribution in [0.5, 0.6) is 5.75 Å². The minimum atomic E-state index is -1.73. The van der Waals surface area contributed by atoms with Crippen molar-refractivity contribution in [1.82, 2.24) is 0 Å². The fourth-order valence-corrected chi connectivity index (χ4v) is 3.09. The molecule has 0 fully saturated rings. The summed E-state index contributed by atoms with van der Waals surface area (Å²) in [5.74, 6) is 0.214. The van der Waals surface area contributed by atoms with Gasteiger partial charge in [0.25, 0.3) is 0 Å². The Morgan fingerprint density at radius 3 is 2.35 bits per heavy atom. The highest BCUT2D eigenvalue weighted by atomic mass is 28.3. The maximum Gasteiger partial charge on any atom is 0.312 e. The average Bonchev–Trinajstić information content (AvgIpc) is 2.25. The van der Waals surface area contributed by atoms with E-state index in [0.717, 1.165) is 5.19 Å². The number of hydrogen-bond acceptors (Lipinski definition) is 4. The quantitative estimate of drug-likeness (QED) is 0.467. The molecule has 5 nitrogen and oxygen atoms in total. The Morgan fingerprint density at radius 2 is 2.00 bits per heavy atom. The van der Waals surface area contributed by atoms with Crippen LogP contribution in [0.1, 0.15) is 5.56 Å². The molecule has 1 rings (SSSR count). The van der Waals surface area contributed by atoms with Crippen LogP contribution in [-0.2, 0) is 0 Å². The first-order valence-corrected chi connectivity index (χ1v) is 8.58. The number of nitro groups is 1. The normalized spacial score (nSPS) is 10.8. The van der Waals surface area contributed by atoms with Gasteiger partial charge in [-0.3, -0.25) is 10.1 Å². The highest BCUT2D eigenvalue weighted by Crippen LogP contribution is 2.27. The van der Waals surface area contributed by atoms with Gasteiger partial charge >= 0.3 is 5.69 Å². The number of nitriles is 1. The number of nitro benzene ring substituents is 1. The molecule has 0 aliphatic rings. The van der Waals surface area contributed by atoms with Gasteiger partial charge in [0.1, 0.15) is 0 Å². The van der Waals surface area contributed by atoms with Crippen molar-refractivity contribution in [3.05, 3.63) is 27.8 Å². The van der Waals surface area contributed by atoms with Crippen molar-refractivity contribution in [2.75, 3.05) is 7.11 Å². The van der Waals surface area contributed by atoms with E-state index in [1.54, 1.807) is 6.07 Å². The summed E-state index contributed by atoms with van der Waals surface area (Å²) in [5.41, 5.74) is 0.211. The first-order chi connectivity index (χ1) is 7.81. The molecule has 0 radical (unpaired) electrons. The molecule has 0 unspecified atom stereocenters. The van der Waals surface area contributed by atoms with Crippen LogP contribution in [0.15, 0.2) is 12.1 Å². The Balaban J connectivity index is 3.56. The molecule has 1 aromatic carbocycles. The minimum absolute atomic E-state index is 0.161. The summed E-state index contributed by atoms with van der Waals surface area (Å²) in [6.45, 7) is 6.23. The third-order valence-corrected chi connectivity index (χ3v) is 4.47. The van der Waals surface area contributed by atoms with Crippen LogP contribution in [0.3, 0.4) is 0 Å². The molecule has 0 heterocycles. The first-order valence-electron chi connectivity index (χ1n) is 5.08.